The number of ether oxygens (including phenoxy) is 1. The van der Waals surface area contributed by atoms with Crippen molar-refractivity contribution in [3.05, 3.63) is 71.8 Å². The highest BCUT2D eigenvalue weighted by Gasteiger charge is 2.46. The third-order valence-electron chi connectivity index (χ3n) is 8.01. The summed E-state index contributed by atoms with van der Waals surface area (Å²) in [6.45, 7) is 3.77. The number of halogens is 3. The van der Waals surface area contributed by atoms with Crippen molar-refractivity contribution in [3.8, 4) is 5.75 Å². The zero-order valence-corrected chi connectivity index (χ0v) is 24.4. The second-order valence-electron chi connectivity index (χ2n) is 11.3. The van der Waals surface area contributed by atoms with Gasteiger partial charge in [-0.15, -0.1) is 11.8 Å². The molecule has 5 rings (SSSR count). The Kier molecular flexibility index (Phi) is 8.53. The number of rotatable bonds is 10. The largest absolute Gasteiger partial charge is 0.487 e. The molecular formula is C31H32F3NO4S2. The lowest BCUT2D eigenvalue weighted by Gasteiger charge is -2.36. The Morgan fingerprint density at radius 3 is 2.39 bits per heavy atom. The molecule has 2 aliphatic carbocycles. The number of carboxylic acids is 1. The van der Waals surface area contributed by atoms with Crippen molar-refractivity contribution >= 4 is 46.2 Å². The van der Waals surface area contributed by atoms with E-state index in [1.165, 1.54) is 31.4 Å². The summed E-state index contributed by atoms with van der Waals surface area (Å²) in [7, 11) is 0. The van der Waals surface area contributed by atoms with E-state index in [1.54, 1.807) is 36.0 Å². The van der Waals surface area contributed by atoms with Crippen molar-refractivity contribution in [2.75, 3.05) is 0 Å². The first-order valence-electron chi connectivity index (χ1n) is 13.6. The van der Waals surface area contributed by atoms with Gasteiger partial charge in [0, 0.05) is 20.3 Å². The van der Waals surface area contributed by atoms with Crippen LogP contribution in [0.3, 0.4) is 0 Å². The monoisotopic (exact) mass is 603 g/mol. The molecule has 218 valence electrons. The molecule has 1 amide bonds. The van der Waals surface area contributed by atoms with Crippen LogP contribution in [0.1, 0.15) is 55.5 Å². The van der Waals surface area contributed by atoms with Gasteiger partial charge in [0.05, 0.1) is 5.56 Å². The number of carbonyl (C=O) groups is 2. The predicted molar refractivity (Wildman–Crippen MR) is 156 cm³/mol. The molecule has 3 aromatic rings. The van der Waals surface area contributed by atoms with E-state index >= 15 is 0 Å². The highest BCUT2D eigenvalue weighted by atomic mass is 32.2. The molecule has 2 aliphatic rings. The van der Waals surface area contributed by atoms with E-state index in [0.717, 1.165) is 17.7 Å². The minimum absolute atomic E-state index is 0.0131. The number of alkyl halides is 3. The molecule has 41 heavy (non-hydrogen) atoms. The molecule has 4 atom stereocenters. The average molecular weight is 604 g/mol. The standard InChI is InChI=1S/C31H32F3NO4S2/c1-30(2,41-25-16-19-7-10-21(25)15-19)27(29(37)38)35-28(36)24-14-11-20-5-3-4-6-23(20)26(24)39-17-18-8-12-22(13-9-18)40-31(32,33)34/h3-6,8-9,11-14,19,21,25,27H,7,10,15-17H2,1-2H3,(H,35,36)(H,37,38)/t19?,21?,25?,27-/m1/s1. The Hall–Kier alpha value is -2.85. The Bertz CT molecular complexity index is 1430. The van der Waals surface area contributed by atoms with Gasteiger partial charge < -0.3 is 15.2 Å². The molecule has 0 saturated heterocycles. The minimum atomic E-state index is -4.37. The fraction of sp³-hybridized carbons (Fsp3) is 0.419. The molecule has 0 spiro atoms. The van der Waals surface area contributed by atoms with Crippen molar-refractivity contribution in [1.29, 1.82) is 0 Å². The first kappa shape index (κ1) is 29.6. The summed E-state index contributed by atoms with van der Waals surface area (Å²) in [4.78, 5) is 26.2. The minimum Gasteiger partial charge on any atom is -0.487 e. The molecule has 2 saturated carbocycles. The van der Waals surface area contributed by atoms with Gasteiger partial charge in [0.1, 0.15) is 18.4 Å². The van der Waals surface area contributed by atoms with Crippen LogP contribution in [0.5, 0.6) is 5.75 Å². The second kappa shape index (κ2) is 11.8. The van der Waals surface area contributed by atoms with Gasteiger partial charge in [-0.1, -0.05) is 48.9 Å². The van der Waals surface area contributed by atoms with Crippen molar-refractivity contribution in [1.82, 2.24) is 5.32 Å². The van der Waals surface area contributed by atoms with Crippen molar-refractivity contribution in [2.24, 2.45) is 11.8 Å². The molecule has 3 unspecified atom stereocenters. The quantitative estimate of drug-likeness (QED) is 0.229. The topological polar surface area (TPSA) is 75.6 Å². The van der Waals surface area contributed by atoms with Gasteiger partial charge in [0.2, 0.25) is 0 Å². The Labute approximate surface area is 245 Å². The first-order valence-corrected chi connectivity index (χ1v) is 15.3. The van der Waals surface area contributed by atoms with Crippen LogP contribution in [0, 0.1) is 11.8 Å². The SMILES string of the molecule is CC(C)(SC1CC2CCC1C2)[C@H](NC(=O)c1ccc2ccccc2c1OCc1ccc(SC(F)(F)F)cc1)C(=O)O. The second-order valence-corrected chi connectivity index (χ2v) is 14.4. The Morgan fingerprint density at radius 2 is 1.76 bits per heavy atom. The van der Waals surface area contributed by atoms with Crippen molar-refractivity contribution in [2.45, 2.75) is 72.6 Å². The number of benzene rings is 3. The molecule has 0 aliphatic heterocycles. The molecule has 0 radical (unpaired) electrons. The maximum Gasteiger partial charge on any atom is 0.446 e. The van der Waals surface area contributed by atoms with Crippen molar-refractivity contribution in [3.63, 3.8) is 0 Å². The lowest BCUT2D eigenvalue weighted by atomic mass is 10.00. The van der Waals surface area contributed by atoms with Gasteiger partial charge in [0.25, 0.3) is 5.91 Å². The fourth-order valence-corrected chi connectivity index (χ4v) is 8.47. The van der Waals surface area contributed by atoms with Crippen LogP contribution in [0.2, 0.25) is 0 Å². The smallest absolute Gasteiger partial charge is 0.446 e. The van der Waals surface area contributed by atoms with Crippen LogP contribution >= 0.6 is 23.5 Å². The van der Waals surface area contributed by atoms with Gasteiger partial charge in [-0.3, -0.25) is 4.79 Å². The predicted octanol–water partition coefficient (Wildman–Crippen LogP) is 7.91. The van der Waals surface area contributed by atoms with Gasteiger partial charge in [-0.05, 0) is 85.9 Å². The average Bonchev–Trinajstić information content (AvgIpc) is 3.53. The number of aliphatic carboxylic acids is 1. The number of thioether (sulfide) groups is 2. The Balaban J connectivity index is 1.36. The number of fused-ring (bicyclic) bond motifs is 3. The normalized spacial score (nSPS) is 21.1. The molecule has 2 bridgehead atoms. The van der Waals surface area contributed by atoms with Crippen LogP contribution in [0.25, 0.3) is 10.8 Å². The lowest BCUT2D eigenvalue weighted by molar-refractivity contribution is -0.139. The van der Waals surface area contributed by atoms with E-state index < -0.39 is 28.2 Å². The summed E-state index contributed by atoms with van der Waals surface area (Å²) in [6, 6.07) is 15.5. The van der Waals surface area contributed by atoms with Crippen LogP contribution in [0.4, 0.5) is 13.2 Å². The van der Waals surface area contributed by atoms with E-state index in [9.17, 15) is 27.9 Å². The first-order chi connectivity index (χ1) is 19.4. The van der Waals surface area contributed by atoms with Gasteiger partial charge >= 0.3 is 11.5 Å². The number of carboxylic acid groups (broad SMARTS) is 1. The molecule has 10 heteroatoms. The molecule has 0 aromatic heterocycles. The lowest BCUT2D eigenvalue weighted by Crippen LogP contribution is -2.53. The number of carbonyl (C=O) groups excluding carboxylic acids is 1. The highest BCUT2D eigenvalue weighted by molar-refractivity contribution is 8.01. The van der Waals surface area contributed by atoms with Crippen LogP contribution in [-0.4, -0.2) is 38.5 Å². The molecule has 5 nitrogen and oxygen atoms in total. The summed E-state index contributed by atoms with van der Waals surface area (Å²) < 4.78 is 43.5. The number of amides is 1. The van der Waals surface area contributed by atoms with E-state index in [4.69, 9.17) is 4.74 Å². The third kappa shape index (κ3) is 6.97. The fourth-order valence-electron chi connectivity index (χ4n) is 6.05. The number of nitrogens with one attached hydrogen (secondary N) is 1. The highest BCUT2D eigenvalue weighted by Crippen LogP contribution is 2.52. The van der Waals surface area contributed by atoms with Gasteiger partial charge in [0.15, 0.2) is 0 Å². The van der Waals surface area contributed by atoms with E-state index in [1.807, 2.05) is 38.1 Å². The maximum atomic E-state index is 13.7. The molecule has 2 N–H and O–H groups in total. The summed E-state index contributed by atoms with van der Waals surface area (Å²) in [5.41, 5.74) is -3.55. The Morgan fingerprint density at radius 1 is 1.02 bits per heavy atom. The van der Waals surface area contributed by atoms with E-state index in [2.05, 4.69) is 5.32 Å². The molecule has 0 heterocycles. The zero-order chi connectivity index (χ0) is 29.4. The van der Waals surface area contributed by atoms with Crippen LogP contribution < -0.4 is 10.1 Å². The summed E-state index contributed by atoms with van der Waals surface area (Å²) in [6.07, 6.45) is 4.74. The molecule has 3 aromatic carbocycles. The van der Waals surface area contributed by atoms with Crippen molar-refractivity contribution < 1.29 is 32.6 Å². The summed E-state index contributed by atoms with van der Waals surface area (Å²) in [5, 5.41) is 14.8. The van der Waals surface area contributed by atoms with Gasteiger partial charge in [-0.25, -0.2) is 4.79 Å². The third-order valence-corrected chi connectivity index (χ3v) is 10.5. The molecular weight excluding hydrogens is 571 g/mol. The van der Waals surface area contributed by atoms with E-state index in [-0.39, 0.29) is 34.6 Å². The maximum absolute atomic E-state index is 13.7. The summed E-state index contributed by atoms with van der Waals surface area (Å²) >= 11 is 1.48. The van der Waals surface area contributed by atoms with E-state index in [0.29, 0.717) is 22.1 Å². The molecule has 2 fully saturated rings. The summed E-state index contributed by atoms with van der Waals surface area (Å²) in [5.74, 6) is -0.0353. The van der Waals surface area contributed by atoms with Crippen LogP contribution in [0.15, 0.2) is 65.6 Å². The van der Waals surface area contributed by atoms with Gasteiger partial charge in [-0.2, -0.15) is 13.2 Å². The zero-order valence-electron chi connectivity index (χ0n) is 22.7. The number of hydrogen-bond acceptors (Lipinski definition) is 5. The van der Waals surface area contributed by atoms with Crippen LogP contribution in [-0.2, 0) is 11.4 Å². The number of hydrogen-bond donors (Lipinski definition) is 2.